The fourth-order valence-corrected chi connectivity index (χ4v) is 7.70. The second kappa shape index (κ2) is 10.6. The second-order valence-electron chi connectivity index (χ2n) is 8.18. The first-order valence-electron chi connectivity index (χ1n) is 11.2. The quantitative estimate of drug-likeness (QED) is 0.0868. The van der Waals surface area contributed by atoms with Crippen LogP contribution in [0.3, 0.4) is 0 Å². The molecular formula is C26H18FN2O7PS2. The minimum Gasteiger partial charge on any atom is -0.504 e. The summed E-state index contributed by atoms with van der Waals surface area (Å²) in [5, 5.41) is 23.0. The number of rotatable bonds is 8. The van der Waals surface area contributed by atoms with Gasteiger partial charge in [-0.3, -0.25) is 14.3 Å². The van der Waals surface area contributed by atoms with E-state index < -0.39 is 28.3 Å². The van der Waals surface area contributed by atoms with Gasteiger partial charge in [0.05, 0.1) is 31.7 Å². The maximum atomic E-state index is 14.0. The maximum absolute atomic E-state index is 14.0. The van der Waals surface area contributed by atoms with E-state index in [4.69, 9.17) is 9.05 Å². The van der Waals surface area contributed by atoms with Crippen LogP contribution in [0, 0.1) is 15.9 Å². The summed E-state index contributed by atoms with van der Waals surface area (Å²) < 4.78 is 51.0. The van der Waals surface area contributed by atoms with E-state index in [0.717, 1.165) is 12.1 Å². The van der Waals surface area contributed by atoms with E-state index in [2.05, 4.69) is 4.98 Å². The van der Waals surface area contributed by atoms with Gasteiger partial charge in [0.1, 0.15) is 11.6 Å². The minimum atomic E-state index is -4.21. The van der Waals surface area contributed by atoms with Crippen LogP contribution in [0.2, 0.25) is 0 Å². The largest absolute Gasteiger partial charge is 0.504 e. The third-order valence-electron chi connectivity index (χ3n) is 5.53. The number of benzene rings is 4. The normalized spacial score (nSPS) is 13.6. The van der Waals surface area contributed by atoms with Crippen molar-refractivity contribution >= 4 is 56.5 Å². The zero-order valence-corrected chi connectivity index (χ0v) is 22.5. The number of para-hydroxylation sites is 1. The Bertz CT molecular complexity index is 1800. The lowest BCUT2D eigenvalue weighted by Gasteiger charge is -2.20. The van der Waals surface area contributed by atoms with Gasteiger partial charge >= 0.3 is 6.80 Å². The summed E-state index contributed by atoms with van der Waals surface area (Å²) in [6.07, 6.45) is 1.55. The molecule has 9 nitrogen and oxygen atoms in total. The second-order valence-corrected chi connectivity index (χ2v) is 13.3. The third-order valence-corrected chi connectivity index (χ3v) is 9.80. The van der Waals surface area contributed by atoms with E-state index in [1.54, 1.807) is 36.6 Å². The Morgan fingerprint density at radius 3 is 2.41 bits per heavy atom. The number of hydrogen-bond acceptors (Lipinski definition) is 9. The number of nitro benzene ring substituents is 1. The first-order chi connectivity index (χ1) is 18.6. The van der Waals surface area contributed by atoms with Crippen molar-refractivity contribution in [1.29, 1.82) is 0 Å². The molecule has 0 spiro atoms. The van der Waals surface area contributed by atoms with E-state index in [1.807, 2.05) is 0 Å². The predicted octanol–water partition coefficient (Wildman–Crippen LogP) is 7.24. The monoisotopic (exact) mass is 584 g/mol. The number of nitrogens with zero attached hydrogens (tertiary/aromatic N) is 2. The number of hydrogen-bond donors (Lipinski definition) is 1. The Morgan fingerprint density at radius 1 is 1.03 bits per heavy atom. The van der Waals surface area contributed by atoms with Crippen molar-refractivity contribution in [1.82, 2.24) is 4.98 Å². The van der Waals surface area contributed by atoms with Gasteiger partial charge in [-0.2, -0.15) is 0 Å². The van der Waals surface area contributed by atoms with Gasteiger partial charge in [-0.25, -0.2) is 13.9 Å². The summed E-state index contributed by atoms with van der Waals surface area (Å²) in [5.74, 6) is -0.999. The SMILES string of the molecule is CS(=O)c1cccc2cc3c(O)c(OP(=O)(Oc4ccc(F)cc4)Sc4ccc([N+](=O)[O-])cc4)ccc3nc12. The average molecular weight is 585 g/mol. The van der Waals surface area contributed by atoms with Gasteiger partial charge in [-0.15, -0.1) is 0 Å². The van der Waals surface area contributed by atoms with Gasteiger partial charge in [-0.1, -0.05) is 12.1 Å². The van der Waals surface area contributed by atoms with Crippen LogP contribution in [0.1, 0.15) is 0 Å². The van der Waals surface area contributed by atoms with Gasteiger partial charge in [0.2, 0.25) is 0 Å². The van der Waals surface area contributed by atoms with Gasteiger partial charge in [-0.05, 0) is 60.7 Å². The number of pyridine rings is 1. The highest BCUT2D eigenvalue weighted by Gasteiger charge is 2.32. The lowest BCUT2D eigenvalue weighted by Crippen LogP contribution is -1.99. The van der Waals surface area contributed by atoms with E-state index in [0.29, 0.717) is 43.0 Å². The highest BCUT2D eigenvalue weighted by Crippen LogP contribution is 2.63. The van der Waals surface area contributed by atoms with Crippen molar-refractivity contribution in [3.8, 4) is 17.2 Å². The molecule has 2 atom stereocenters. The van der Waals surface area contributed by atoms with E-state index >= 15 is 0 Å². The molecule has 1 N–H and O–H groups in total. The molecule has 13 heteroatoms. The molecule has 0 saturated carbocycles. The van der Waals surface area contributed by atoms with Crippen molar-refractivity contribution in [2.75, 3.05) is 6.26 Å². The van der Waals surface area contributed by atoms with Crippen LogP contribution >= 0.6 is 18.2 Å². The molecule has 1 heterocycles. The van der Waals surface area contributed by atoms with E-state index in [9.17, 15) is 28.4 Å². The molecule has 2 unspecified atom stereocenters. The summed E-state index contributed by atoms with van der Waals surface area (Å²) in [6.45, 7) is -4.21. The molecule has 0 saturated heterocycles. The number of halogens is 1. The van der Waals surface area contributed by atoms with Gasteiger partial charge in [0, 0.05) is 45.4 Å². The van der Waals surface area contributed by atoms with Crippen LogP contribution in [0.15, 0.2) is 94.7 Å². The van der Waals surface area contributed by atoms with Crippen LogP contribution in [-0.2, 0) is 15.4 Å². The van der Waals surface area contributed by atoms with Crippen molar-refractivity contribution < 1.29 is 32.2 Å². The Hall–Kier alpha value is -3.99. The summed E-state index contributed by atoms with van der Waals surface area (Å²) in [4.78, 5) is 15.9. The number of aromatic hydroxyl groups is 1. The predicted molar refractivity (Wildman–Crippen MR) is 147 cm³/mol. The molecule has 0 amide bonds. The van der Waals surface area contributed by atoms with Crippen LogP contribution in [-0.4, -0.2) is 25.5 Å². The number of fused-ring (bicyclic) bond motifs is 2. The first-order valence-corrected chi connectivity index (χ1v) is 15.7. The minimum absolute atomic E-state index is 0.0437. The lowest BCUT2D eigenvalue weighted by atomic mass is 10.1. The Labute approximate surface area is 227 Å². The fourth-order valence-electron chi connectivity index (χ4n) is 3.73. The average Bonchev–Trinajstić information content (AvgIpc) is 2.90. The molecule has 5 aromatic rings. The number of phenols is 1. The summed E-state index contributed by atoms with van der Waals surface area (Å²) in [5.41, 5.74) is 0.761. The zero-order valence-electron chi connectivity index (χ0n) is 20.0. The van der Waals surface area contributed by atoms with Crippen LogP contribution in [0.4, 0.5) is 10.1 Å². The fraction of sp³-hybridized carbons (Fsp3) is 0.0385. The topological polar surface area (TPSA) is 129 Å². The molecule has 5 rings (SSSR count). The molecular weight excluding hydrogens is 566 g/mol. The maximum Gasteiger partial charge on any atom is 0.497 e. The Kier molecular flexibility index (Phi) is 7.26. The van der Waals surface area contributed by atoms with Gasteiger partial charge in [0.25, 0.3) is 5.69 Å². The molecule has 0 aliphatic carbocycles. The van der Waals surface area contributed by atoms with Crippen molar-refractivity contribution in [2.45, 2.75) is 9.79 Å². The van der Waals surface area contributed by atoms with Crippen molar-refractivity contribution in [3.63, 3.8) is 0 Å². The lowest BCUT2D eigenvalue weighted by molar-refractivity contribution is -0.384. The summed E-state index contributed by atoms with van der Waals surface area (Å²) in [7, 11) is -1.28. The third kappa shape index (κ3) is 5.73. The van der Waals surface area contributed by atoms with Crippen LogP contribution in [0.5, 0.6) is 17.2 Å². The zero-order chi connectivity index (χ0) is 27.7. The van der Waals surface area contributed by atoms with Gasteiger partial charge in [0.15, 0.2) is 11.5 Å². The standard InChI is InChI=1S/C26H18FN2O7PS2/c1-39(34)24-4-2-3-16-15-21-22(28-25(16)24)13-14-23(26(21)30)36-37(33,35-19-9-5-17(27)6-10-19)38-20-11-7-18(8-12-20)29(31)32/h2-15,30H,1H3. The molecule has 4 aromatic carbocycles. The molecule has 39 heavy (non-hydrogen) atoms. The molecule has 0 aliphatic heterocycles. The Balaban J connectivity index is 1.55. The highest BCUT2D eigenvalue weighted by molar-refractivity contribution is 8.55. The van der Waals surface area contributed by atoms with Gasteiger partial charge < -0.3 is 14.2 Å². The number of nitro groups is 1. The molecule has 198 valence electrons. The number of aromatic nitrogens is 1. The first kappa shape index (κ1) is 26.6. The smallest absolute Gasteiger partial charge is 0.497 e. The number of non-ortho nitro benzene ring substituents is 1. The highest BCUT2D eigenvalue weighted by atomic mass is 32.7. The van der Waals surface area contributed by atoms with Crippen molar-refractivity contribution in [3.05, 3.63) is 101 Å². The molecule has 1 aromatic heterocycles. The Morgan fingerprint density at radius 2 is 1.74 bits per heavy atom. The van der Waals surface area contributed by atoms with Crippen LogP contribution < -0.4 is 9.05 Å². The van der Waals surface area contributed by atoms with Crippen molar-refractivity contribution in [2.24, 2.45) is 0 Å². The number of phenolic OH excluding ortho intramolecular Hbond substituents is 1. The van der Waals surface area contributed by atoms with E-state index in [1.165, 1.54) is 42.5 Å². The summed E-state index contributed by atoms with van der Waals surface area (Å²) in [6, 6.07) is 19.8. The van der Waals surface area contributed by atoms with Crippen LogP contribution in [0.25, 0.3) is 21.8 Å². The summed E-state index contributed by atoms with van der Waals surface area (Å²) >= 11 is 0.661. The molecule has 0 fully saturated rings. The molecule has 0 aliphatic rings. The van der Waals surface area contributed by atoms with E-state index in [-0.39, 0.29) is 22.9 Å². The molecule has 0 radical (unpaired) electrons. The molecule has 0 bridgehead atoms.